The molecule has 0 saturated carbocycles. The summed E-state index contributed by atoms with van der Waals surface area (Å²) in [6.07, 6.45) is 0. The summed E-state index contributed by atoms with van der Waals surface area (Å²) in [6, 6.07) is 12.2. The average Bonchev–Trinajstić information content (AvgIpc) is 3.22. The number of aryl methyl sites for hydroxylation is 1. The van der Waals surface area contributed by atoms with Gasteiger partial charge in [0, 0.05) is 11.6 Å². The molecule has 0 aliphatic rings. The Morgan fingerprint density at radius 1 is 1.21 bits per heavy atom. The van der Waals surface area contributed by atoms with E-state index in [0.29, 0.717) is 11.4 Å². The molecule has 0 spiro atoms. The summed E-state index contributed by atoms with van der Waals surface area (Å²) < 4.78 is 11.1. The molecule has 0 radical (unpaired) electrons. The van der Waals surface area contributed by atoms with Crippen LogP contribution in [0, 0.1) is 6.92 Å². The lowest BCUT2D eigenvalue weighted by Crippen LogP contribution is -2.15. The molecule has 0 atom stereocenters. The monoisotopic (exact) mass is 325 g/mol. The first-order valence-electron chi connectivity index (χ1n) is 7.40. The minimum Gasteiger partial charge on any atom is -0.461 e. The van der Waals surface area contributed by atoms with E-state index in [0.717, 1.165) is 10.2 Å². The summed E-state index contributed by atoms with van der Waals surface area (Å²) in [5, 5.41) is 7.80. The van der Waals surface area contributed by atoms with Gasteiger partial charge in [0.2, 0.25) is 5.76 Å². The molecule has 122 valence electrons. The molecule has 3 aromatic rings. The van der Waals surface area contributed by atoms with Gasteiger partial charge in [0.15, 0.2) is 5.69 Å². The molecule has 0 fully saturated rings. The Kier molecular flexibility index (Phi) is 4.24. The first-order valence-corrected chi connectivity index (χ1v) is 7.40. The van der Waals surface area contributed by atoms with E-state index in [1.165, 1.54) is 12.1 Å². The Morgan fingerprint density at radius 3 is 2.58 bits per heavy atom. The highest BCUT2D eigenvalue weighted by molar-refractivity contribution is 5.97. The first-order chi connectivity index (χ1) is 11.6. The van der Waals surface area contributed by atoms with Gasteiger partial charge in [-0.1, -0.05) is 35.5 Å². The zero-order valence-corrected chi connectivity index (χ0v) is 13.2. The standard InChI is InChI=1S/C17H15N3O4/c1-3-23-17(22)13-10-14(12-7-5-4-6-8-12)20(18-13)16(21)15-9-11(2)19-24-15/h4-10H,3H2,1-2H3. The number of rotatable bonds is 4. The van der Waals surface area contributed by atoms with Crippen molar-refractivity contribution in [3.63, 3.8) is 0 Å². The third kappa shape index (κ3) is 2.96. The van der Waals surface area contributed by atoms with Gasteiger partial charge in [0.25, 0.3) is 0 Å². The Hall–Kier alpha value is -3.22. The van der Waals surface area contributed by atoms with Gasteiger partial charge in [-0.2, -0.15) is 9.78 Å². The Balaban J connectivity index is 2.09. The smallest absolute Gasteiger partial charge is 0.358 e. The molecular weight excluding hydrogens is 310 g/mol. The third-order valence-electron chi connectivity index (χ3n) is 3.29. The van der Waals surface area contributed by atoms with E-state index in [-0.39, 0.29) is 18.1 Å². The van der Waals surface area contributed by atoms with Crippen LogP contribution in [0.25, 0.3) is 11.3 Å². The van der Waals surface area contributed by atoms with E-state index in [1.54, 1.807) is 13.8 Å². The summed E-state index contributed by atoms with van der Waals surface area (Å²) in [4.78, 5) is 24.6. The summed E-state index contributed by atoms with van der Waals surface area (Å²) in [5.74, 6) is -1.05. The molecule has 7 heteroatoms. The minimum absolute atomic E-state index is 0.0446. The lowest BCUT2D eigenvalue weighted by Gasteiger charge is -2.03. The third-order valence-corrected chi connectivity index (χ3v) is 3.29. The summed E-state index contributed by atoms with van der Waals surface area (Å²) >= 11 is 0. The highest BCUT2D eigenvalue weighted by Gasteiger charge is 2.23. The number of carbonyl (C=O) groups excluding carboxylic acids is 2. The quantitative estimate of drug-likeness (QED) is 0.685. The molecule has 0 saturated heterocycles. The van der Waals surface area contributed by atoms with Crippen LogP contribution in [0.2, 0.25) is 0 Å². The largest absolute Gasteiger partial charge is 0.461 e. The second kappa shape index (κ2) is 6.49. The van der Waals surface area contributed by atoms with E-state index in [1.807, 2.05) is 30.3 Å². The number of esters is 1. The molecule has 2 aromatic heterocycles. The van der Waals surface area contributed by atoms with Gasteiger partial charge in [-0.3, -0.25) is 4.79 Å². The summed E-state index contributed by atoms with van der Waals surface area (Å²) in [6.45, 7) is 3.64. The number of hydrogen-bond acceptors (Lipinski definition) is 6. The van der Waals surface area contributed by atoms with Crippen LogP contribution in [0.4, 0.5) is 0 Å². The van der Waals surface area contributed by atoms with Crippen molar-refractivity contribution >= 4 is 11.9 Å². The fraction of sp³-hybridized carbons (Fsp3) is 0.176. The first kappa shape index (κ1) is 15.7. The van der Waals surface area contributed by atoms with Gasteiger partial charge >= 0.3 is 11.9 Å². The molecule has 3 rings (SSSR count). The van der Waals surface area contributed by atoms with Crippen LogP contribution >= 0.6 is 0 Å². The molecule has 1 aromatic carbocycles. The molecular formula is C17H15N3O4. The predicted octanol–water partition coefficient (Wildman–Crippen LogP) is 2.71. The van der Waals surface area contributed by atoms with Gasteiger partial charge < -0.3 is 9.26 Å². The fourth-order valence-corrected chi connectivity index (χ4v) is 2.22. The maximum atomic E-state index is 12.7. The average molecular weight is 325 g/mol. The van der Waals surface area contributed by atoms with Crippen LogP contribution in [-0.2, 0) is 4.74 Å². The highest BCUT2D eigenvalue weighted by Crippen LogP contribution is 2.22. The van der Waals surface area contributed by atoms with Gasteiger partial charge in [-0.25, -0.2) is 4.79 Å². The molecule has 7 nitrogen and oxygen atoms in total. The summed E-state index contributed by atoms with van der Waals surface area (Å²) in [5.41, 5.74) is 1.85. The van der Waals surface area contributed by atoms with E-state index < -0.39 is 11.9 Å². The van der Waals surface area contributed by atoms with Crippen molar-refractivity contribution in [2.45, 2.75) is 13.8 Å². The predicted molar refractivity (Wildman–Crippen MR) is 84.6 cm³/mol. The normalized spacial score (nSPS) is 10.6. The molecule has 0 amide bonds. The maximum Gasteiger partial charge on any atom is 0.358 e. The number of nitrogens with zero attached hydrogens (tertiary/aromatic N) is 3. The van der Waals surface area contributed by atoms with E-state index in [9.17, 15) is 9.59 Å². The number of ether oxygens (including phenoxy) is 1. The van der Waals surface area contributed by atoms with Crippen LogP contribution in [0.3, 0.4) is 0 Å². The van der Waals surface area contributed by atoms with E-state index in [4.69, 9.17) is 9.26 Å². The lowest BCUT2D eigenvalue weighted by atomic mass is 10.1. The van der Waals surface area contributed by atoms with Crippen molar-refractivity contribution in [2.24, 2.45) is 0 Å². The fourth-order valence-electron chi connectivity index (χ4n) is 2.22. The van der Waals surface area contributed by atoms with Crippen LogP contribution in [-0.4, -0.2) is 33.4 Å². The van der Waals surface area contributed by atoms with Crippen molar-refractivity contribution < 1.29 is 18.8 Å². The van der Waals surface area contributed by atoms with Crippen LogP contribution < -0.4 is 0 Å². The Labute approximate surface area is 137 Å². The van der Waals surface area contributed by atoms with Crippen LogP contribution in [0.5, 0.6) is 0 Å². The highest BCUT2D eigenvalue weighted by atomic mass is 16.5. The SMILES string of the molecule is CCOC(=O)c1cc(-c2ccccc2)n(C(=O)c2cc(C)no2)n1. The lowest BCUT2D eigenvalue weighted by molar-refractivity contribution is 0.0518. The number of benzene rings is 1. The van der Waals surface area contributed by atoms with E-state index in [2.05, 4.69) is 10.3 Å². The molecule has 0 unspecified atom stereocenters. The van der Waals surface area contributed by atoms with Gasteiger partial charge in [0.1, 0.15) is 0 Å². The minimum atomic E-state index is -0.588. The van der Waals surface area contributed by atoms with Crippen LogP contribution in [0.1, 0.15) is 33.7 Å². The number of aromatic nitrogens is 3. The summed E-state index contributed by atoms with van der Waals surface area (Å²) in [7, 11) is 0. The zero-order chi connectivity index (χ0) is 17.1. The molecule has 0 N–H and O–H groups in total. The maximum absolute atomic E-state index is 12.7. The van der Waals surface area contributed by atoms with Crippen molar-refractivity contribution in [1.82, 2.24) is 14.9 Å². The van der Waals surface area contributed by atoms with E-state index >= 15 is 0 Å². The van der Waals surface area contributed by atoms with Gasteiger partial charge in [0.05, 0.1) is 18.0 Å². The molecule has 0 aliphatic carbocycles. The van der Waals surface area contributed by atoms with Gasteiger partial charge in [-0.05, 0) is 19.9 Å². The van der Waals surface area contributed by atoms with Crippen molar-refractivity contribution in [3.05, 3.63) is 59.6 Å². The molecule has 24 heavy (non-hydrogen) atoms. The van der Waals surface area contributed by atoms with Crippen LogP contribution in [0.15, 0.2) is 47.0 Å². The number of hydrogen-bond donors (Lipinski definition) is 0. The second-order valence-electron chi connectivity index (χ2n) is 5.05. The van der Waals surface area contributed by atoms with Crippen molar-refractivity contribution in [2.75, 3.05) is 6.61 Å². The molecule has 0 bridgehead atoms. The van der Waals surface area contributed by atoms with Crippen molar-refractivity contribution in [1.29, 1.82) is 0 Å². The molecule has 0 aliphatic heterocycles. The Bertz CT molecular complexity index is 880. The zero-order valence-electron chi connectivity index (χ0n) is 13.2. The second-order valence-corrected chi connectivity index (χ2v) is 5.05. The Morgan fingerprint density at radius 2 is 1.96 bits per heavy atom. The number of carbonyl (C=O) groups is 2. The van der Waals surface area contributed by atoms with Gasteiger partial charge in [-0.15, -0.1) is 0 Å². The molecule has 2 heterocycles. The topological polar surface area (TPSA) is 87.2 Å². The van der Waals surface area contributed by atoms with Crippen molar-refractivity contribution in [3.8, 4) is 11.3 Å².